The molecule has 0 radical (unpaired) electrons. The average Bonchev–Trinajstić information content (AvgIpc) is 2.11. The standard InChI is InChI=1S/C12H21F2NOS/c1-5-6-10(9-7-12(13,14)8-9)15-17(16)11(2,3)4/h5,9-10,15H,1,6-8H2,2-4H3. The lowest BCUT2D eigenvalue weighted by Gasteiger charge is -2.40. The van der Waals surface area contributed by atoms with Crippen LogP contribution in [0.4, 0.5) is 8.78 Å². The van der Waals surface area contributed by atoms with E-state index in [0.717, 1.165) is 0 Å². The molecule has 1 N–H and O–H groups in total. The van der Waals surface area contributed by atoms with E-state index in [9.17, 15) is 13.3 Å². The van der Waals surface area contributed by atoms with Gasteiger partial charge in [-0.2, -0.15) is 0 Å². The zero-order valence-electron chi connectivity index (χ0n) is 10.6. The van der Waals surface area contributed by atoms with Crippen LogP contribution in [-0.2, 0) is 11.4 Å². The second-order valence-corrected chi connectivity index (χ2v) is 7.65. The Hall–Kier alpha value is -0.130. The number of hydrogen-bond donors (Lipinski definition) is 1. The molecule has 1 aliphatic rings. The maximum atomic E-state index is 12.8. The number of rotatable bonds is 5. The lowest BCUT2D eigenvalue weighted by molar-refractivity contribution is -0.117. The summed E-state index contributed by atoms with van der Waals surface area (Å²) in [4.78, 5) is 0. The SMILES string of the molecule is C=CCC(N[S+]([O-])C(C)(C)C)C1CC(F)(F)C1. The van der Waals surface area contributed by atoms with E-state index in [0.29, 0.717) is 6.42 Å². The molecule has 0 spiro atoms. The number of alkyl halides is 2. The van der Waals surface area contributed by atoms with E-state index in [1.165, 1.54) is 0 Å². The van der Waals surface area contributed by atoms with E-state index < -0.39 is 17.3 Å². The molecule has 0 heterocycles. The van der Waals surface area contributed by atoms with Crippen LogP contribution in [0.1, 0.15) is 40.0 Å². The Kier molecular flexibility index (Phi) is 4.60. The van der Waals surface area contributed by atoms with Crippen LogP contribution in [-0.4, -0.2) is 21.3 Å². The van der Waals surface area contributed by atoms with Crippen LogP contribution in [0.2, 0.25) is 0 Å². The summed E-state index contributed by atoms with van der Waals surface area (Å²) < 4.78 is 40.2. The molecule has 0 saturated heterocycles. The molecule has 0 aliphatic heterocycles. The first kappa shape index (κ1) is 14.9. The maximum absolute atomic E-state index is 12.8. The van der Waals surface area contributed by atoms with Crippen molar-refractivity contribution in [3.8, 4) is 0 Å². The molecule has 5 heteroatoms. The second kappa shape index (κ2) is 5.24. The fourth-order valence-corrected chi connectivity index (χ4v) is 2.74. The van der Waals surface area contributed by atoms with Gasteiger partial charge in [-0.3, -0.25) is 0 Å². The molecule has 1 fully saturated rings. The van der Waals surface area contributed by atoms with Gasteiger partial charge in [0.05, 0.1) is 6.04 Å². The molecule has 17 heavy (non-hydrogen) atoms. The Morgan fingerprint density at radius 3 is 2.41 bits per heavy atom. The van der Waals surface area contributed by atoms with E-state index in [1.807, 2.05) is 20.8 Å². The monoisotopic (exact) mass is 265 g/mol. The summed E-state index contributed by atoms with van der Waals surface area (Å²) in [5.41, 5.74) is 0. The van der Waals surface area contributed by atoms with Crippen molar-refractivity contribution in [1.82, 2.24) is 4.72 Å². The highest BCUT2D eigenvalue weighted by Crippen LogP contribution is 2.45. The van der Waals surface area contributed by atoms with Gasteiger partial charge in [0.1, 0.15) is 4.75 Å². The van der Waals surface area contributed by atoms with Crippen molar-refractivity contribution in [3.63, 3.8) is 0 Å². The van der Waals surface area contributed by atoms with Crippen LogP contribution in [0.5, 0.6) is 0 Å². The van der Waals surface area contributed by atoms with Crippen LogP contribution in [0.25, 0.3) is 0 Å². The smallest absolute Gasteiger partial charge is 0.248 e. The third kappa shape index (κ3) is 4.23. The predicted molar refractivity (Wildman–Crippen MR) is 67.3 cm³/mol. The van der Waals surface area contributed by atoms with Crippen LogP contribution in [0, 0.1) is 5.92 Å². The van der Waals surface area contributed by atoms with Crippen LogP contribution < -0.4 is 4.72 Å². The fraction of sp³-hybridized carbons (Fsp3) is 0.833. The van der Waals surface area contributed by atoms with Gasteiger partial charge < -0.3 is 4.55 Å². The van der Waals surface area contributed by atoms with E-state index in [1.54, 1.807) is 6.08 Å². The number of hydrogen-bond acceptors (Lipinski definition) is 2. The first-order valence-corrected chi connectivity index (χ1v) is 6.97. The largest absolute Gasteiger partial charge is 0.598 e. The molecule has 0 bridgehead atoms. The summed E-state index contributed by atoms with van der Waals surface area (Å²) >= 11 is -1.22. The molecule has 1 saturated carbocycles. The molecule has 0 aromatic carbocycles. The third-order valence-corrected chi connectivity index (χ3v) is 4.56. The van der Waals surface area contributed by atoms with E-state index >= 15 is 0 Å². The molecule has 2 atom stereocenters. The summed E-state index contributed by atoms with van der Waals surface area (Å²) in [7, 11) is 0. The van der Waals surface area contributed by atoms with Gasteiger partial charge in [0, 0.05) is 24.2 Å². The van der Waals surface area contributed by atoms with Crippen molar-refractivity contribution in [2.24, 2.45) is 5.92 Å². The van der Waals surface area contributed by atoms with Crippen LogP contribution in [0.15, 0.2) is 12.7 Å². The molecule has 0 amide bonds. The molecule has 100 valence electrons. The molecule has 1 rings (SSSR count). The Morgan fingerprint density at radius 1 is 1.53 bits per heavy atom. The highest BCUT2D eigenvalue weighted by Gasteiger charge is 2.49. The van der Waals surface area contributed by atoms with Gasteiger partial charge in [0.2, 0.25) is 5.92 Å². The highest BCUT2D eigenvalue weighted by atomic mass is 32.2. The Labute approximate surface area is 105 Å². The van der Waals surface area contributed by atoms with Gasteiger partial charge in [-0.1, -0.05) is 6.08 Å². The Morgan fingerprint density at radius 2 is 2.06 bits per heavy atom. The number of halogens is 2. The first-order valence-electron chi connectivity index (χ1n) is 5.82. The van der Waals surface area contributed by atoms with E-state index in [4.69, 9.17) is 0 Å². The van der Waals surface area contributed by atoms with Crippen molar-refractivity contribution < 1.29 is 13.3 Å². The zero-order chi connectivity index (χ0) is 13.3. The van der Waals surface area contributed by atoms with E-state index in [-0.39, 0.29) is 29.5 Å². The molecule has 0 aromatic heterocycles. The topological polar surface area (TPSA) is 35.1 Å². The van der Waals surface area contributed by atoms with Crippen molar-refractivity contribution in [2.45, 2.75) is 56.7 Å². The van der Waals surface area contributed by atoms with Crippen molar-refractivity contribution >= 4 is 11.4 Å². The minimum atomic E-state index is -2.53. The van der Waals surface area contributed by atoms with Crippen LogP contribution >= 0.6 is 0 Å². The fourth-order valence-electron chi connectivity index (χ4n) is 1.82. The molecule has 2 unspecified atom stereocenters. The quantitative estimate of drug-likeness (QED) is 0.612. The normalized spacial score (nSPS) is 23.9. The van der Waals surface area contributed by atoms with Gasteiger partial charge in [-0.15, -0.1) is 11.3 Å². The zero-order valence-corrected chi connectivity index (χ0v) is 11.4. The molecular weight excluding hydrogens is 244 g/mol. The third-order valence-electron chi connectivity index (χ3n) is 2.93. The van der Waals surface area contributed by atoms with Crippen molar-refractivity contribution in [1.29, 1.82) is 0 Å². The van der Waals surface area contributed by atoms with Gasteiger partial charge in [-0.25, -0.2) is 8.78 Å². The second-order valence-electron chi connectivity index (χ2n) is 5.65. The lowest BCUT2D eigenvalue weighted by Crippen LogP contribution is -2.52. The summed E-state index contributed by atoms with van der Waals surface area (Å²) in [5, 5.41) is 0. The first-order chi connectivity index (χ1) is 7.65. The van der Waals surface area contributed by atoms with Gasteiger partial charge >= 0.3 is 0 Å². The average molecular weight is 265 g/mol. The molecule has 0 aromatic rings. The summed E-state index contributed by atoms with van der Waals surface area (Å²) in [5.74, 6) is -2.64. The maximum Gasteiger partial charge on any atom is 0.248 e. The summed E-state index contributed by atoms with van der Waals surface area (Å²) in [6.07, 6.45) is 2.04. The summed E-state index contributed by atoms with van der Waals surface area (Å²) in [6, 6.07) is -0.160. The molecule has 2 nitrogen and oxygen atoms in total. The highest BCUT2D eigenvalue weighted by molar-refractivity contribution is 7.90. The lowest BCUT2D eigenvalue weighted by atomic mass is 9.76. The van der Waals surface area contributed by atoms with Crippen LogP contribution in [0.3, 0.4) is 0 Å². The number of nitrogens with one attached hydrogen (secondary N) is 1. The summed E-state index contributed by atoms with van der Waals surface area (Å²) in [6.45, 7) is 9.19. The van der Waals surface area contributed by atoms with E-state index in [2.05, 4.69) is 11.3 Å². The Balaban J connectivity index is 2.53. The van der Waals surface area contributed by atoms with Crippen molar-refractivity contribution in [2.75, 3.05) is 0 Å². The predicted octanol–water partition coefficient (Wildman–Crippen LogP) is 3.03. The van der Waals surface area contributed by atoms with Gasteiger partial charge in [0.15, 0.2) is 0 Å². The minimum Gasteiger partial charge on any atom is -0.598 e. The van der Waals surface area contributed by atoms with Crippen molar-refractivity contribution in [3.05, 3.63) is 12.7 Å². The minimum absolute atomic E-state index is 0.103. The molecule has 1 aliphatic carbocycles. The Bertz CT molecular complexity index is 270. The molecular formula is C12H21F2NOS. The van der Waals surface area contributed by atoms with Gasteiger partial charge in [-0.05, 0) is 33.1 Å². The van der Waals surface area contributed by atoms with Gasteiger partial charge in [0.25, 0.3) is 0 Å².